The van der Waals surface area contributed by atoms with Crippen LogP contribution >= 0.6 is 0 Å². The Hall–Kier alpha value is -3.08. The Bertz CT molecular complexity index is 1010. The second-order valence-electron chi connectivity index (χ2n) is 5.86. The molecule has 2 aromatic carbocycles. The second-order valence-corrected chi connectivity index (χ2v) is 5.86. The monoisotopic (exact) mass is 336 g/mol. The van der Waals surface area contributed by atoms with Crippen LogP contribution in [0.1, 0.15) is 22.8 Å². The summed E-state index contributed by atoms with van der Waals surface area (Å²) in [6.07, 6.45) is 1.61. The van der Waals surface area contributed by atoms with Crippen LogP contribution in [0.4, 0.5) is 5.69 Å². The van der Waals surface area contributed by atoms with Gasteiger partial charge in [-0.15, -0.1) is 0 Å². The minimum Gasteiger partial charge on any atom is -0.497 e. The van der Waals surface area contributed by atoms with E-state index >= 15 is 0 Å². The zero-order chi connectivity index (χ0) is 18.0. The van der Waals surface area contributed by atoms with E-state index in [0.717, 1.165) is 11.1 Å². The third kappa shape index (κ3) is 3.26. The largest absolute Gasteiger partial charge is 0.497 e. The van der Waals surface area contributed by atoms with Crippen LogP contribution in [0.15, 0.2) is 53.5 Å². The van der Waals surface area contributed by atoms with E-state index in [1.165, 1.54) is 0 Å². The fraction of sp³-hybridized carbons (Fsp3) is 0.200. The van der Waals surface area contributed by atoms with Gasteiger partial charge in [-0.25, -0.2) is 0 Å². The normalized spacial score (nSPS) is 10.7. The number of rotatable bonds is 4. The van der Waals surface area contributed by atoms with Crippen molar-refractivity contribution < 1.29 is 9.53 Å². The predicted octanol–water partition coefficient (Wildman–Crippen LogP) is 3.59. The Morgan fingerprint density at radius 1 is 1.20 bits per heavy atom. The molecule has 128 valence electrons. The third-order valence-corrected chi connectivity index (χ3v) is 4.15. The summed E-state index contributed by atoms with van der Waals surface area (Å²) >= 11 is 0. The van der Waals surface area contributed by atoms with E-state index < -0.39 is 5.91 Å². The summed E-state index contributed by atoms with van der Waals surface area (Å²) in [5.41, 5.74) is 2.29. The number of amides is 1. The van der Waals surface area contributed by atoms with Gasteiger partial charge in [0.05, 0.1) is 18.0 Å². The van der Waals surface area contributed by atoms with Gasteiger partial charge in [0, 0.05) is 18.4 Å². The van der Waals surface area contributed by atoms with Crippen molar-refractivity contribution in [2.75, 3.05) is 12.4 Å². The average Bonchev–Trinajstić information content (AvgIpc) is 2.61. The van der Waals surface area contributed by atoms with Crippen LogP contribution in [0, 0.1) is 6.92 Å². The molecule has 0 aliphatic heterocycles. The third-order valence-electron chi connectivity index (χ3n) is 4.15. The van der Waals surface area contributed by atoms with Gasteiger partial charge in [0.2, 0.25) is 5.43 Å². The Morgan fingerprint density at radius 2 is 2.00 bits per heavy atom. The standard InChI is InChI=1S/C20H20N2O3/c1-4-22-12-17(20(24)21-14-7-5-6-13(2)10-14)19(23)16-11-15(25-3)8-9-18(16)22/h5-12H,4H2,1-3H3,(H,21,24). The van der Waals surface area contributed by atoms with Crippen molar-refractivity contribution in [3.63, 3.8) is 0 Å². The Morgan fingerprint density at radius 3 is 2.68 bits per heavy atom. The molecule has 1 heterocycles. The van der Waals surface area contributed by atoms with Crippen LogP contribution in [-0.4, -0.2) is 17.6 Å². The minimum absolute atomic E-state index is 0.115. The SMILES string of the molecule is CCn1cc(C(=O)Nc2cccc(C)c2)c(=O)c2cc(OC)ccc21. The lowest BCUT2D eigenvalue weighted by Crippen LogP contribution is -2.24. The van der Waals surface area contributed by atoms with E-state index in [0.29, 0.717) is 23.4 Å². The van der Waals surface area contributed by atoms with Crippen LogP contribution in [0.5, 0.6) is 5.75 Å². The van der Waals surface area contributed by atoms with Crippen molar-refractivity contribution in [1.29, 1.82) is 0 Å². The van der Waals surface area contributed by atoms with Gasteiger partial charge in [-0.3, -0.25) is 9.59 Å². The summed E-state index contributed by atoms with van der Waals surface area (Å²) in [5.74, 6) is 0.172. The number of anilines is 1. The Labute approximate surface area is 145 Å². The molecular formula is C20H20N2O3. The second kappa shape index (κ2) is 6.81. The summed E-state index contributed by atoms with van der Waals surface area (Å²) in [5, 5.41) is 3.27. The maximum atomic E-state index is 12.8. The summed E-state index contributed by atoms with van der Waals surface area (Å²) in [7, 11) is 1.55. The highest BCUT2D eigenvalue weighted by molar-refractivity contribution is 6.05. The first-order valence-electron chi connectivity index (χ1n) is 8.12. The topological polar surface area (TPSA) is 60.3 Å². The molecule has 0 aliphatic rings. The van der Waals surface area contributed by atoms with Crippen molar-refractivity contribution in [3.05, 3.63) is 70.0 Å². The molecule has 0 fully saturated rings. The fourth-order valence-electron chi connectivity index (χ4n) is 2.85. The number of pyridine rings is 1. The average molecular weight is 336 g/mol. The molecule has 3 rings (SSSR count). The zero-order valence-electron chi connectivity index (χ0n) is 14.5. The number of methoxy groups -OCH3 is 1. The van der Waals surface area contributed by atoms with Crippen molar-refractivity contribution in [2.45, 2.75) is 20.4 Å². The molecule has 0 spiro atoms. The molecule has 0 saturated carbocycles. The highest BCUT2D eigenvalue weighted by Gasteiger charge is 2.16. The summed E-state index contributed by atoms with van der Waals surface area (Å²) in [6, 6.07) is 12.8. The Balaban J connectivity index is 2.10. The van der Waals surface area contributed by atoms with Crippen LogP contribution < -0.4 is 15.5 Å². The molecule has 5 heteroatoms. The quantitative estimate of drug-likeness (QED) is 0.792. The van der Waals surface area contributed by atoms with Crippen LogP contribution in [0.25, 0.3) is 10.9 Å². The number of hydrogen-bond donors (Lipinski definition) is 1. The zero-order valence-corrected chi connectivity index (χ0v) is 14.5. The number of ether oxygens (including phenoxy) is 1. The first-order chi connectivity index (χ1) is 12.0. The molecule has 5 nitrogen and oxygen atoms in total. The lowest BCUT2D eigenvalue weighted by molar-refractivity contribution is 0.102. The molecule has 0 radical (unpaired) electrons. The highest BCUT2D eigenvalue weighted by atomic mass is 16.5. The van der Waals surface area contributed by atoms with Crippen molar-refractivity contribution in [1.82, 2.24) is 4.57 Å². The van der Waals surface area contributed by atoms with Gasteiger partial charge in [0.1, 0.15) is 11.3 Å². The fourth-order valence-corrected chi connectivity index (χ4v) is 2.85. The number of fused-ring (bicyclic) bond motifs is 1. The van der Waals surface area contributed by atoms with E-state index in [1.54, 1.807) is 31.5 Å². The number of carbonyl (C=O) groups excluding carboxylic acids is 1. The van der Waals surface area contributed by atoms with Gasteiger partial charge in [0.15, 0.2) is 0 Å². The molecule has 25 heavy (non-hydrogen) atoms. The van der Waals surface area contributed by atoms with E-state index in [-0.39, 0.29) is 11.0 Å². The summed E-state index contributed by atoms with van der Waals surface area (Å²) in [6.45, 7) is 4.56. The lowest BCUT2D eigenvalue weighted by atomic mass is 10.1. The molecule has 1 amide bonds. The van der Waals surface area contributed by atoms with Crippen LogP contribution in [0.3, 0.4) is 0 Å². The van der Waals surface area contributed by atoms with Gasteiger partial charge in [-0.2, -0.15) is 0 Å². The molecule has 1 aromatic heterocycles. The summed E-state index contributed by atoms with van der Waals surface area (Å²) in [4.78, 5) is 25.5. The first kappa shape index (κ1) is 16.8. The number of benzene rings is 2. The van der Waals surface area contributed by atoms with Gasteiger partial charge in [-0.05, 0) is 49.7 Å². The van der Waals surface area contributed by atoms with Gasteiger partial charge >= 0.3 is 0 Å². The Kier molecular flexibility index (Phi) is 4.57. The summed E-state index contributed by atoms with van der Waals surface area (Å²) < 4.78 is 7.10. The lowest BCUT2D eigenvalue weighted by Gasteiger charge is -2.13. The van der Waals surface area contributed by atoms with Crippen molar-refractivity contribution in [2.24, 2.45) is 0 Å². The highest BCUT2D eigenvalue weighted by Crippen LogP contribution is 2.19. The van der Waals surface area contributed by atoms with E-state index in [9.17, 15) is 9.59 Å². The molecule has 3 aromatic rings. The molecular weight excluding hydrogens is 316 g/mol. The first-order valence-corrected chi connectivity index (χ1v) is 8.12. The molecule has 0 bridgehead atoms. The van der Waals surface area contributed by atoms with E-state index in [1.807, 2.05) is 42.7 Å². The molecule has 0 unspecified atom stereocenters. The number of aromatic nitrogens is 1. The molecule has 1 N–H and O–H groups in total. The number of hydrogen-bond acceptors (Lipinski definition) is 3. The molecule has 0 atom stereocenters. The van der Waals surface area contributed by atoms with Gasteiger partial charge in [-0.1, -0.05) is 12.1 Å². The number of nitrogens with zero attached hydrogens (tertiary/aromatic N) is 1. The number of nitrogens with one attached hydrogen (secondary N) is 1. The molecule has 0 saturated heterocycles. The maximum absolute atomic E-state index is 12.8. The molecule has 0 aliphatic carbocycles. The maximum Gasteiger partial charge on any atom is 0.261 e. The van der Waals surface area contributed by atoms with Crippen LogP contribution in [-0.2, 0) is 6.54 Å². The smallest absolute Gasteiger partial charge is 0.261 e. The minimum atomic E-state index is -0.414. The van der Waals surface area contributed by atoms with Crippen molar-refractivity contribution >= 4 is 22.5 Å². The van der Waals surface area contributed by atoms with Gasteiger partial charge in [0.25, 0.3) is 5.91 Å². The van der Waals surface area contributed by atoms with Crippen molar-refractivity contribution in [3.8, 4) is 5.75 Å². The van der Waals surface area contributed by atoms with E-state index in [4.69, 9.17) is 4.74 Å². The number of carbonyl (C=O) groups is 1. The number of aryl methyl sites for hydroxylation is 2. The predicted molar refractivity (Wildman–Crippen MR) is 99.6 cm³/mol. The van der Waals surface area contributed by atoms with Crippen LogP contribution in [0.2, 0.25) is 0 Å². The van der Waals surface area contributed by atoms with Gasteiger partial charge < -0.3 is 14.6 Å². The van der Waals surface area contributed by atoms with E-state index in [2.05, 4.69) is 5.32 Å².